The fraction of sp³-hybridized carbons (Fsp3) is 0.500. The average molecular weight is 147 g/mol. The van der Waals surface area contributed by atoms with Gasteiger partial charge in [-0.15, -0.1) is 0 Å². The van der Waals surface area contributed by atoms with E-state index in [-0.39, 0.29) is 0 Å². The van der Waals surface area contributed by atoms with Crippen LogP contribution in [0.1, 0.15) is 32.1 Å². The third-order valence-corrected chi connectivity index (χ3v) is 2.41. The van der Waals surface area contributed by atoms with Gasteiger partial charge in [0.05, 0.1) is 0 Å². The molecule has 1 heterocycles. The van der Waals surface area contributed by atoms with Crippen LogP contribution in [0.15, 0.2) is 28.4 Å². The molecular formula is C10H13N. The molecule has 0 atom stereocenters. The SMILES string of the molecule is C1=CN=CC2=C(C1)CCCC2. The Morgan fingerprint density at radius 3 is 3.09 bits per heavy atom. The quantitative estimate of drug-likeness (QED) is 0.499. The molecule has 0 amide bonds. The first kappa shape index (κ1) is 6.84. The lowest BCUT2D eigenvalue weighted by molar-refractivity contribution is 0.680. The van der Waals surface area contributed by atoms with Gasteiger partial charge in [-0.25, -0.2) is 0 Å². The van der Waals surface area contributed by atoms with Crippen molar-refractivity contribution in [2.75, 3.05) is 0 Å². The van der Waals surface area contributed by atoms with E-state index in [4.69, 9.17) is 0 Å². The second kappa shape index (κ2) is 3.04. The van der Waals surface area contributed by atoms with Crippen molar-refractivity contribution in [3.8, 4) is 0 Å². The number of allylic oxidation sites excluding steroid dienone is 3. The van der Waals surface area contributed by atoms with Gasteiger partial charge >= 0.3 is 0 Å². The Bertz CT molecular complexity index is 233. The van der Waals surface area contributed by atoms with E-state index in [9.17, 15) is 0 Å². The van der Waals surface area contributed by atoms with E-state index in [0.29, 0.717) is 0 Å². The van der Waals surface area contributed by atoms with Crippen LogP contribution in [-0.2, 0) is 0 Å². The molecule has 1 heteroatoms. The molecule has 0 aromatic heterocycles. The molecule has 0 unspecified atom stereocenters. The van der Waals surface area contributed by atoms with Gasteiger partial charge in [0.1, 0.15) is 0 Å². The fourth-order valence-corrected chi connectivity index (χ4v) is 1.77. The number of nitrogens with zero attached hydrogens (tertiary/aromatic N) is 1. The lowest BCUT2D eigenvalue weighted by Crippen LogP contribution is -1.99. The minimum atomic E-state index is 1.13. The summed E-state index contributed by atoms with van der Waals surface area (Å²) < 4.78 is 0. The first-order valence-electron chi connectivity index (χ1n) is 4.36. The van der Waals surface area contributed by atoms with Crippen LogP contribution < -0.4 is 0 Å². The first-order valence-corrected chi connectivity index (χ1v) is 4.36. The zero-order chi connectivity index (χ0) is 7.52. The van der Waals surface area contributed by atoms with E-state index in [1.165, 1.54) is 31.3 Å². The standard InChI is InChI=1S/C10H13N/c1-2-5-10-8-11-7-3-6-9(10)4-1/h3,7-8H,1-2,4-6H2. The largest absolute Gasteiger partial charge is 0.265 e. The van der Waals surface area contributed by atoms with Gasteiger partial charge in [0.25, 0.3) is 0 Å². The van der Waals surface area contributed by atoms with Crippen LogP contribution in [-0.4, -0.2) is 6.21 Å². The van der Waals surface area contributed by atoms with Gasteiger partial charge in [-0.3, -0.25) is 4.99 Å². The van der Waals surface area contributed by atoms with Gasteiger partial charge in [0.15, 0.2) is 0 Å². The van der Waals surface area contributed by atoms with E-state index in [0.717, 1.165) is 6.42 Å². The van der Waals surface area contributed by atoms with Crippen LogP contribution in [0.2, 0.25) is 0 Å². The summed E-state index contributed by atoms with van der Waals surface area (Å²) in [4.78, 5) is 4.19. The van der Waals surface area contributed by atoms with E-state index >= 15 is 0 Å². The Labute approximate surface area is 67.5 Å². The third kappa shape index (κ3) is 1.42. The first-order chi connectivity index (χ1) is 5.47. The van der Waals surface area contributed by atoms with Crippen molar-refractivity contribution in [3.05, 3.63) is 23.4 Å². The maximum atomic E-state index is 4.19. The molecule has 1 aliphatic heterocycles. The van der Waals surface area contributed by atoms with Crippen LogP contribution in [0.3, 0.4) is 0 Å². The van der Waals surface area contributed by atoms with E-state index in [2.05, 4.69) is 11.1 Å². The van der Waals surface area contributed by atoms with Crippen molar-refractivity contribution in [2.45, 2.75) is 32.1 Å². The van der Waals surface area contributed by atoms with E-state index in [1.807, 2.05) is 12.4 Å². The van der Waals surface area contributed by atoms with Crippen molar-refractivity contribution in [2.24, 2.45) is 4.99 Å². The zero-order valence-corrected chi connectivity index (χ0v) is 6.71. The summed E-state index contributed by atoms with van der Waals surface area (Å²) in [5.41, 5.74) is 3.12. The van der Waals surface area contributed by atoms with Crippen molar-refractivity contribution in [1.82, 2.24) is 0 Å². The third-order valence-electron chi connectivity index (χ3n) is 2.41. The number of hydrogen-bond acceptors (Lipinski definition) is 1. The summed E-state index contributed by atoms with van der Waals surface area (Å²) in [6.45, 7) is 0. The van der Waals surface area contributed by atoms with Crippen LogP contribution in [0, 0.1) is 0 Å². The molecule has 0 N–H and O–H groups in total. The highest BCUT2D eigenvalue weighted by molar-refractivity contribution is 5.80. The molecule has 0 radical (unpaired) electrons. The van der Waals surface area contributed by atoms with Gasteiger partial charge in [-0.2, -0.15) is 0 Å². The lowest BCUT2D eigenvalue weighted by Gasteiger charge is -2.15. The van der Waals surface area contributed by atoms with E-state index in [1.54, 1.807) is 5.57 Å². The van der Waals surface area contributed by atoms with Crippen LogP contribution >= 0.6 is 0 Å². The summed E-state index contributed by atoms with van der Waals surface area (Å²) in [7, 11) is 0. The Balaban J connectivity index is 2.26. The Kier molecular flexibility index (Phi) is 1.89. The topological polar surface area (TPSA) is 12.4 Å². The maximum absolute atomic E-state index is 4.19. The van der Waals surface area contributed by atoms with Crippen molar-refractivity contribution in [1.29, 1.82) is 0 Å². The molecule has 1 nitrogen and oxygen atoms in total. The minimum Gasteiger partial charge on any atom is -0.265 e. The molecule has 0 aromatic rings. The predicted octanol–water partition coefficient (Wildman–Crippen LogP) is 2.85. The minimum absolute atomic E-state index is 1.13. The van der Waals surface area contributed by atoms with E-state index < -0.39 is 0 Å². The molecule has 1 aliphatic carbocycles. The van der Waals surface area contributed by atoms with Gasteiger partial charge < -0.3 is 0 Å². The average Bonchev–Trinajstić information content (AvgIpc) is 2.28. The monoisotopic (exact) mass is 147 g/mol. The second-order valence-electron chi connectivity index (χ2n) is 3.20. The smallest absolute Gasteiger partial charge is 0.0299 e. The molecule has 2 aliphatic rings. The highest BCUT2D eigenvalue weighted by Gasteiger charge is 2.10. The molecule has 0 bridgehead atoms. The fourth-order valence-electron chi connectivity index (χ4n) is 1.77. The van der Waals surface area contributed by atoms with Gasteiger partial charge in [-0.1, -0.05) is 11.6 Å². The van der Waals surface area contributed by atoms with Gasteiger partial charge in [-0.05, 0) is 37.7 Å². The van der Waals surface area contributed by atoms with Crippen LogP contribution in [0.4, 0.5) is 0 Å². The Morgan fingerprint density at radius 2 is 2.09 bits per heavy atom. The number of aliphatic imine (C=N–C) groups is 1. The summed E-state index contributed by atoms with van der Waals surface area (Å²) in [5, 5.41) is 0. The molecule has 0 saturated carbocycles. The molecule has 0 aromatic carbocycles. The van der Waals surface area contributed by atoms with Crippen LogP contribution in [0.5, 0.6) is 0 Å². The number of rotatable bonds is 0. The molecule has 11 heavy (non-hydrogen) atoms. The molecule has 0 fully saturated rings. The maximum Gasteiger partial charge on any atom is 0.0299 e. The summed E-state index contributed by atoms with van der Waals surface area (Å²) in [6, 6.07) is 0. The molecular weight excluding hydrogens is 134 g/mol. The van der Waals surface area contributed by atoms with Crippen molar-refractivity contribution >= 4 is 6.21 Å². The summed E-state index contributed by atoms with van der Waals surface area (Å²) >= 11 is 0. The van der Waals surface area contributed by atoms with Crippen molar-refractivity contribution in [3.63, 3.8) is 0 Å². The molecule has 0 saturated heterocycles. The van der Waals surface area contributed by atoms with Crippen LogP contribution in [0.25, 0.3) is 0 Å². The summed E-state index contributed by atoms with van der Waals surface area (Å²) in [6.07, 6.45) is 12.5. The second-order valence-corrected chi connectivity index (χ2v) is 3.20. The summed E-state index contributed by atoms with van der Waals surface area (Å²) in [5.74, 6) is 0. The molecule has 0 spiro atoms. The normalized spacial score (nSPS) is 23.3. The highest BCUT2D eigenvalue weighted by Crippen LogP contribution is 2.27. The number of hydrogen-bond donors (Lipinski definition) is 0. The highest BCUT2D eigenvalue weighted by atomic mass is 14.7. The zero-order valence-electron chi connectivity index (χ0n) is 6.71. The van der Waals surface area contributed by atoms with Crippen molar-refractivity contribution < 1.29 is 0 Å². The van der Waals surface area contributed by atoms with Gasteiger partial charge in [0, 0.05) is 12.4 Å². The molecule has 58 valence electrons. The lowest BCUT2D eigenvalue weighted by atomic mass is 9.91. The molecule has 2 rings (SSSR count). The Hall–Kier alpha value is -0.850. The van der Waals surface area contributed by atoms with Gasteiger partial charge in [0.2, 0.25) is 0 Å². The predicted molar refractivity (Wildman–Crippen MR) is 47.7 cm³/mol. The Morgan fingerprint density at radius 1 is 1.18 bits per heavy atom.